The Bertz CT molecular complexity index is 573. The van der Waals surface area contributed by atoms with Gasteiger partial charge in [0, 0.05) is 23.2 Å². The lowest BCUT2D eigenvalue weighted by Gasteiger charge is -2.07. The zero-order valence-corrected chi connectivity index (χ0v) is 13.2. The standard InChI is InChI=1S/C13H14Cl2N2O2.ClH/c1-2-8-10(14)4-3-9(13(8)15)11-7-12(17-19-11)18-6-5-16;/h3-4,7H,2,5-6,16H2,1H3;1H. The molecule has 4 nitrogen and oxygen atoms in total. The van der Waals surface area contributed by atoms with E-state index >= 15 is 0 Å². The van der Waals surface area contributed by atoms with Gasteiger partial charge in [0.05, 0.1) is 5.02 Å². The van der Waals surface area contributed by atoms with Crippen molar-refractivity contribution in [1.29, 1.82) is 0 Å². The van der Waals surface area contributed by atoms with Crippen molar-refractivity contribution in [3.63, 3.8) is 0 Å². The quantitative estimate of drug-likeness (QED) is 0.896. The molecule has 0 aliphatic heterocycles. The molecule has 0 atom stereocenters. The molecule has 1 aromatic heterocycles. The number of ether oxygens (including phenoxy) is 1. The molecule has 2 aromatic rings. The average Bonchev–Trinajstić information content (AvgIpc) is 2.85. The molecule has 0 unspecified atom stereocenters. The Hall–Kier alpha value is -0.940. The molecule has 2 N–H and O–H groups in total. The van der Waals surface area contributed by atoms with Crippen LogP contribution in [0.1, 0.15) is 12.5 Å². The second-order valence-electron chi connectivity index (χ2n) is 3.91. The molecule has 1 aromatic carbocycles. The van der Waals surface area contributed by atoms with Crippen LogP contribution in [0, 0.1) is 0 Å². The van der Waals surface area contributed by atoms with Crippen LogP contribution >= 0.6 is 35.6 Å². The van der Waals surface area contributed by atoms with Crippen molar-refractivity contribution < 1.29 is 9.26 Å². The van der Waals surface area contributed by atoms with Gasteiger partial charge >= 0.3 is 0 Å². The summed E-state index contributed by atoms with van der Waals surface area (Å²) in [5.41, 5.74) is 6.99. The molecule has 0 amide bonds. The van der Waals surface area contributed by atoms with Gasteiger partial charge in [-0.25, -0.2) is 0 Å². The van der Waals surface area contributed by atoms with Crippen LogP contribution < -0.4 is 10.5 Å². The van der Waals surface area contributed by atoms with Gasteiger partial charge in [-0.15, -0.1) is 12.4 Å². The van der Waals surface area contributed by atoms with Crippen LogP contribution in [-0.4, -0.2) is 18.3 Å². The van der Waals surface area contributed by atoms with Crippen molar-refractivity contribution >= 4 is 35.6 Å². The minimum atomic E-state index is 0. The van der Waals surface area contributed by atoms with Crippen molar-refractivity contribution in [2.45, 2.75) is 13.3 Å². The van der Waals surface area contributed by atoms with E-state index in [0.29, 0.717) is 34.8 Å². The van der Waals surface area contributed by atoms with Crippen LogP contribution in [0.3, 0.4) is 0 Å². The van der Waals surface area contributed by atoms with E-state index in [1.165, 1.54) is 0 Å². The van der Waals surface area contributed by atoms with Crippen LogP contribution in [0.2, 0.25) is 10.0 Å². The van der Waals surface area contributed by atoms with Gasteiger partial charge in [0.15, 0.2) is 5.76 Å². The molecule has 0 fully saturated rings. The molecule has 7 heteroatoms. The highest BCUT2D eigenvalue weighted by atomic mass is 35.5. The second-order valence-corrected chi connectivity index (χ2v) is 4.69. The van der Waals surface area contributed by atoms with Crippen LogP contribution in [0.25, 0.3) is 11.3 Å². The van der Waals surface area contributed by atoms with E-state index < -0.39 is 0 Å². The van der Waals surface area contributed by atoms with Crippen molar-refractivity contribution in [3.05, 3.63) is 33.8 Å². The predicted molar refractivity (Wildman–Crippen MR) is 83.1 cm³/mol. The third kappa shape index (κ3) is 3.58. The molecule has 1 heterocycles. The lowest BCUT2D eigenvalue weighted by Crippen LogP contribution is -2.10. The van der Waals surface area contributed by atoms with Crippen molar-refractivity contribution in [2.24, 2.45) is 5.73 Å². The molecule has 0 saturated heterocycles. The smallest absolute Gasteiger partial charge is 0.254 e. The van der Waals surface area contributed by atoms with E-state index in [2.05, 4.69) is 5.16 Å². The molecule has 20 heavy (non-hydrogen) atoms. The molecule has 0 aliphatic rings. The largest absolute Gasteiger partial charge is 0.474 e. The first kappa shape index (κ1) is 17.1. The predicted octanol–water partition coefficient (Wildman–Crippen LogP) is 3.97. The fraction of sp³-hybridized carbons (Fsp3) is 0.308. The number of nitrogens with zero attached hydrogens (tertiary/aromatic N) is 1. The minimum absolute atomic E-state index is 0. The number of aromatic nitrogens is 1. The highest BCUT2D eigenvalue weighted by Gasteiger charge is 2.15. The van der Waals surface area contributed by atoms with E-state index in [9.17, 15) is 0 Å². The van der Waals surface area contributed by atoms with Gasteiger partial charge in [-0.05, 0) is 29.3 Å². The van der Waals surface area contributed by atoms with Gasteiger partial charge in [-0.2, -0.15) is 0 Å². The zero-order chi connectivity index (χ0) is 13.8. The van der Waals surface area contributed by atoms with Gasteiger partial charge in [-0.3, -0.25) is 0 Å². The summed E-state index contributed by atoms with van der Waals surface area (Å²) in [5.74, 6) is 0.938. The van der Waals surface area contributed by atoms with E-state index in [1.807, 2.05) is 6.92 Å². The lowest BCUT2D eigenvalue weighted by atomic mass is 10.1. The number of nitrogens with two attached hydrogens (primary N) is 1. The molecule has 0 radical (unpaired) electrons. The van der Waals surface area contributed by atoms with E-state index in [-0.39, 0.29) is 12.4 Å². The summed E-state index contributed by atoms with van der Waals surface area (Å²) >= 11 is 12.4. The topological polar surface area (TPSA) is 61.3 Å². The van der Waals surface area contributed by atoms with Gasteiger partial charge in [0.2, 0.25) is 0 Å². The maximum atomic E-state index is 6.33. The Morgan fingerprint density at radius 3 is 2.75 bits per heavy atom. The van der Waals surface area contributed by atoms with Gasteiger partial charge in [-0.1, -0.05) is 30.1 Å². The normalized spacial score (nSPS) is 10.2. The summed E-state index contributed by atoms with van der Waals surface area (Å²) in [7, 11) is 0. The Morgan fingerprint density at radius 2 is 2.10 bits per heavy atom. The van der Waals surface area contributed by atoms with Gasteiger partial charge < -0.3 is 15.0 Å². The summed E-state index contributed by atoms with van der Waals surface area (Å²) in [4.78, 5) is 0. The van der Waals surface area contributed by atoms with Crippen molar-refractivity contribution in [3.8, 4) is 17.2 Å². The van der Waals surface area contributed by atoms with Crippen LogP contribution in [0.4, 0.5) is 0 Å². The number of halogens is 3. The monoisotopic (exact) mass is 336 g/mol. The fourth-order valence-corrected chi connectivity index (χ4v) is 2.46. The summed E-state index contributed by atoms with van der Waals surface area (Å²) in [5, 5.41) is 5.03. The first-order chi connectivity index (χ1) is 9.17. The highest BCUT2D eigenvalue weighted by Crippen LogP contribution is 2.36. The number of hydrogen-bond acceptors (Lipinski definition) is 4. The molecule has 0 saturated carbocycles. The molecule has 2 rings (SSSR count). The zero-order valence-electron chi connectivity index (χ0n) is 10.9. The second kappa shape index (κ2) is 7.74. The van der Waals surface area contributed by atoms with E-state index in [0.717, 1.165) is 17.5 Å². The third-order valence-corrected chi connectivity index (χ3v) is 3.45. The summed E-state index contributed by atoms with van der Waals surface area (Å²) in [6.07, 6.45) is 0.746. The molecule has 110 valence electrons. The van der Waals surface area contributed by atoms with Gasteiger partial charge in [0.25, 0.3) is 5.88 Å². The first-order valence-corrected chi connectivity index (χ1v) is 6.69. The SMILES string of the molecule is CCc1c(Cl)ccc(-c2cc(OCCN)no2)c1Cl.Cl. The lowest BCUT2D eigenvalue weighted by molar-refractivity contribution is 0.288. The molecule has 0 bridgehead atoms. The first-order valence-electron chi connectivity index (χ1n) is 5.94. The Morgan fingerprint density at radius 1 is 1.35 bits per heavy atom. The number of hydrogen-bond donors (Lipinski definition) is 1. The summed E-state index contributed by atoms with van der Waals surface area (Å²) < 4.78 is 10.5. The van der Waals surface area contributed by atoms with Crippen molar-refractivity contribution in [2.75, 3.05) is 13.2 Å². The van der Waals surface area contributed by atoms with Gasteiger partial charge in [0.1, 0.15) is 6.61 Å². The van der Waals surface area contributed by atoms with Crippen LogP contribution in [0.15, 0.2) is 22.7 Å². The third-order valence-electron chi connectivity index (χ3n) is 2.66. The average molecular weight is 338 g/mol. The maximum Gasteiger partial charge on any atom is 0.254 e. The Balaban J connectivity index is 0.00000200. The van der Waals surface area contributed by atoms with E-state index in [4.69, 9.17) is 38.2 Å². The van der Waals surface area contributed by atoms with Crippen LogP contribution in [-0.2, 0) is 6.42 Å². The molecular weight excluding hydrogens is 323 g/mol. The van der Waals surface area contributed by atoms with E-state index in [1.54, 1.807) is 18.2 Å². The molecule has 0 spiro atoms. The summed E-state index contributed by atoms with van der Waals surface area (Å²) in [6, 6.07) is 5.28. The van der Waals surface area contributed by atoms with Crippen molar-refractivity contribution in [1.82, 2.24) is 5.16 Å². The van der Waals surface area contributed by atoms with Crippen LogP contribution in [0.5, 0.6) is 5.88 Å². The Kier molecular flexibility index (Phi) is 6.62. The minimum Gasteiger partial charge on any atom is -0.474 e. The summed E-state index contributed by atoms with van der Waals surface area (Å²) in [6.45, 7) is 2.80. The molecular formula is C13H15Cl3N2O2. The highest BCUT2D eigenvalue weighted by molar-refractivity contribution is 6.37. The maximum absolute atomic E-state index is 6.33. The Labute approximate surface area is 133 Å². The number of rotatable bonds is 5. The number of benzene rings is 1. The fourth-order valence-electron chi connectivity index (χ4n) is 1.73. The molecule has 0 aliphatic carbocycles.